The second-order valence-electron chi connectivity index (χ2n) is 5.74. The van der Waals surface area contributed by atoms with E-state index in [1.54, 1.807) is 6.20 Å². The highest BCUT2D eigenvalue weighted by molar-refractivity contribution is 5.79. The summed E-state index contributed by atoms with van der Waals surface area (Å²) in [5.74, 6) is -1.34. The number of aliphatic hydroxyl groups excluding tert-OH is 1. The van der Waals surface area contributed by atoms with Gasteiger partial charge in [0.15, 0.2) is 0 Å². The Bertz CT molecular complexity index is 661. The number of hydrogen-bond acceptors (Lipinski definition) is 5. The number of aliphatic hydroxyl groups is 1. The van der Waals surface area contributed by atoms with Crippen molar-refractivity contribution in [1.82, 2.24) is 20.2 Å². The molecule has 1 amide bonds. The topological polar surface area (TPSA) is 119 Å². The third kappa shape index (κ3) is 6.74. The number of H-pyrrole nitrogens is 1. The molecule has 0 bridgehead atoms. The molecule has 1 atom stereocenters. The van der Waals surface area contributed by atoms with Crippen LogP contribution < -0.4 is 5.32 Å². The van der Waals surface area contributed by atoms with Crippen molar-refractivity contribution < 1.29 is 19.8 Å². The summed E-state index contributed by atoms with van der Waals surface area (Å²) in [5, 5.41) is 21.2. The summed E-state index contributed by atoms with van der Waals surface area (Å²) in [4.78, 5) is 31.7. The smallest absolute Gasteiger partial charge is 0.317 e. The Balaban J connectivity index is 1.91. The van der Waals surface area contributed by atoms with Crippen molar-refractivity contribution in [2.45, 2.75) is 19.0 Å². The van der Waals surface area contributed by atoms with Crippen LogP contribution in [-0.4, -0.2) is 62.7 Å². The first-order valence-corrected chi connectivity index (χ1v) is 7.92. The molecule has 8 nitrogen and oxygen atoms in total. The van der Waals surface area contributed by atoms with Crippen molar-refractivity contribution >= 4 is 11.9 Å². The number of aromatic amines is 1. The summed E-state index contributed by atoms with van der Waals surface area (Å²) in [6.07, 6.45) is 3.62. The van der Waals surface area contributed by atoms with Crippen molar-refractivity contribution in [3.63, 3.8) is 0 Å². The fourth-order valence-electron chi connectivity index (χ4n) is 2.49. The van der Waals surface area contributed by atoms with Gasteiger partial charge in [-0.3, -0.25) is 14.5 Å². The molecule has 1 aromatic carbocycles. The molecule has 2 aromatic rings. The lowest BCUT2D eigenvalue weighted by Gasteiger charge is -2.22. The second-order valence-corrected chi connectivity index (χ2v) is 5.74. The Morgan fingerprint density at radius 3 is 2.60 bits per heavy atom. The van der Waals surface area contributed by atoms with E-state index in [-0.39, 0.29) is 25.6 Å². The number of aliphatic carboxylic acids is 1. The molecule has 2 rings (SSSR count). The number of rotatable bonds is 10. The van der Waals surface area contributed by atoms with Gasteiger partial charge < -0.3 is 20.5 Å². The van der Waals surface area contributed by atoms with Crippen LogP contribution in [0.25, 0.3) is 0 Å². The average molecular weight is 346 g/mol. The molecule has 0 fully saturated rings. The third-order valence-corrected chi connectivity index (χ3v) is 3.57. The van der Waals surface area contributed by atoms with E-state index in [1.165, 1.54) is 11.2 Å². The Morgan fingerprint density at radius 1 is 1.24 bits per heavy atom. The highest BCUT2D eigenvalue weighted by Gasteiger charge is 2.18. The van der Waals surface area contributed by atoms with E-state index < -0.39 is 12.0 Å². The minimum absolute atomic E-state index is 0.0712. The van der Waals surface area contributed by atoms with Gasteiger partial charge in [-0.15, -0.1) is 0 Å². The number of amides is 1. The maximum absolute atomic E-state index is 12.2. The van der Waals surface area contributed by atoms with Crippen LogP contribution in [0.15, 0.2) is 42.9 Å². The second kappa shape index (κ2) is 9.55. The number of carbonyl (C=O) groups is 2. The van der Waals surface area contributed by atoms with Crippen LogP contribution in [0.3, 0.4) is 0 Å². The first kappa shape index (κ1) is 18.6. The minimum atomic E-state index is -1.00. The van der Waals surface area contributed by atoms with E-state index in [0.29, 0.717) is 13.0 Å². The molecule has 0 radical (unpaired) electrons. The standard InChI is InChI=1S/C17H22N4O4/c22-11-15(6-14-7-18-12-19-14)20-16(23)9-21(10-17(24)25)8-13-4-2-1-3-5-13/h1-5,7,12,15,22H,6,8-11H2,(H,18,19)(H,20,23)(H,24,25)/t15-/m0/s1. The molecule has 0 saturated carbocycles. The maximum Gasteiger partial charge on any atom is 0.317 e. The normalized spacial score (nSPS) is 12.1. The van der Waals surface area contributed by atoms with Crippen molar-refractivity contribution in [2.24, 2.45) is 0 Å². The van der Waals surface area contributed by atoms with Crippen LogP contribution in [-0.2, 0) is 22.6 Å². The van der Waals surface area contributed by atoms with Gasteiger partial charge in [0.2, 0.25) is 5.91 Å². The van der Waals surface area contributed by atoms with Gasteiger partial charge in [0.25, 0.3) is 0 Å². The van der Waals surface area contributed by atoms with Crippen LogP contribution in [0.5, 0.6) is 0 Å². The van der Waals surface area contributed by atoms with Gasteiger partial charge in [0.1, 0.15) is 0 Å². The number of nitrogens with one attached hydrogen (secondary N) is 2. The molecule has 0 saturated heterocycles. The molecular weight excluding hydrogens is 324 g/mol. The highest BCUT2D eigenvalue weighted by Crippen LogP contribution is 2.04. The molecule has 25 heavy (non-hydrogen) atoms. The maximum atomic E-state index is 12.2. The van der Waals surface area contributed by atoms with E-state index in [0.717, 1.165) is 11.3 Å². The Hall–Kier alpha value is -2.71. The lowest BCUT2D eigenvalue weighted by atomic mass is 10.1. The molecule has 0 aliphatic heterocycles. The molecular formula is C17H22N4O4. The van der Waals surface area contributed by atoms with E-state index in [2.05, 4.69) is 15.3 Å². The summed E-state index contributed by atoms with van der Waals surface area (Å²) in [7, 11) is 0. The van der Waals surface area contributed by atoms with Crippen molar-refractivity contribution in [3.05, 3.63) is 54.1 Å². The SMILES string of the molecule is O=C(O)CN(CC(=O)N[C@H](CO)Cc1c[nH]cn1)Cc1ccccc1. The first-order valence-electron chi connectivity index (χ1n) is 7.92. The number of hydrogen-bond donors (Lipinski definition) is 4. The number of nitrogens with zero attached hydrogens (tertiary/aromatic N) is 2. The summed E-state index contributed by atoms with van der Waals surface area (Å²) < 4.78 is 0. The van der Waals surface area contributed by atoms with Gasteiger partial charge in [0, 0.05) is 19.2 Å². The lowest BCUT2D eigenvalue weighted by Crippen LogP contribution is -2.45. The molecule has 0 aliphatic rings. The summed E-state index contributed by atoms with van der Waals surface area (Å²) in [6.45, 7) is -0.191. The van der Waals surface area contributed by atoms with Crippen LogP contribution in [0.2, 0.25) is 0 Å². The minimum Gasteiger partial charge on any atom is -0.480 e. The van der Waals surface area contributed by atoms with Crippen molar-refractivity contribution in [1.29, 1.82) is 0 Å². The summed E-state index contributed by atoms with van der Waals surface area (Å²) in [6, 6.07) is 8.87. The van der Waals surface area contributed by atoms with Crippen molar-refractivity contribution in [2.75, 3.05) is 19.7 Å². The van der Waals surface area contributed by atoms with E-state index in [9.17, 15) is 14.7 Å². The van der Waals surface area contributed by atoms with Crippen LogP contribution >= 0.6 is 0 Å². The average Bonchev–Trinajstić information content (AvgIpc) is 3.07. The van der Waals surface area contributed by atoms with Gasteiger partial charge in [0.05, 0.1) is 37.8 Å². The largest absolute Gasteiger partial charge is 0.480 e. The Labute approximate surface area is 145 Å². The van der Waals surface area contributed by atoms with Crippen LogP contribution in [0.1, 0.15) is 11.3 Å². The van der Waals surface area contributed by atoms with Gasteiger partial charge >= 0.3 is 5.97 Å². The molecule has 134 valence electrons. The number of aromatic nitrogens is 2. The van der Waals surface area contributed by atoms with Gasteiger partial charge in [-0.25, -0.2) is 4.98 Å². The number of benzene rings is 1. The molecule has 0 aliphatic carbocycles. The molecule has 0 unspecified atom stereocenters. The van der Waals surface area contributed by atoms with Crippen LogP contribution in [0.4, 0.5) is 0 Å². The van der Waals surface area contributed by atoms with E-state index in [1.807, 2.05) is 30.3 Å². The van der Waals surface area contributed by atoms with Gasteiger partial charge in [-0.05, 0) is 5.56 Å². The first-order chi connectivity index (χ1) is 12.1. The fraction of sp³-hybridized carbons (Fsp3) is 0.353. The predicted molar refractivity (Wildman–Crippen MR) is 90.7 cm³/mol. The molecule has 8 heteroatoms. The van der Waals surface area contributed by atoms with Crippen LogP contribution in [0, 0.1) is 0 Å². The quantitative estimate of drug-likeness (QED) is 0.481. The lowest BCUT2D eigenvalue weighted by molar-refractivity contribution is -0.139. The number of carboxylic acids is 1. The van der Waals surface area contributed by atoms with Gasteiger partial charge in [-0.1, -0.05) is 30.3 Å². The molecule has 4 N–H and O–H groups in total. The van der Waals surface area contributed by atoms with Gasteiger partial charge in [-0.2, -0.15) is 0 Å². The number of carboxylic acid groups (broad SMARTS) is 1. The zero-order chi connectivity index (χ0) is 18.1. The molecule has 1 heterocycles. The zero-order valence-electron chi connectivity index (χ0n) is 13.8. The third-order valence-electron chi connectivity index (χ3n) is 3.57. The summed E-state index contributed by atoms with van der Waals surface area (Å²) in [5.41, 5.74) is 1.65. The molecule has 1 aromatic heterocycles. The summed E-state index contributed by atoms with van der Waals surface area (Å²) >= 11 is 0. The fourth-order valence-corrected chi connectivity index (χ4v) is 2.49. The number of imidazole rings is 1. The highest BCUT2D eigenvalue weighted by atomic mass is 16.4. The van der Waals surface area contributed by atoms with E-state index in [4.69, 9.17) is 5.11 Å². The molecule has 0 spiro atoms. The number of carbonyl (C=O) groups excluding carboxylic acids is 1. The predicted octanol–water partition coefficient (Wildman–Crippen LogP) is 0.0161. The monoisotopic (exact) mass is 346 g/mol. The Morgan fingerprint density at radius 2 is 2.00 bits per heavy atom. The van der Waals surface area contributed by atoms with Crippen molar-refractivity contribution in [3.8, 4) is 0 Å². The zero-order valence-corrected chi connectivity index (χ0v) is 13.8. The van der Waals surface area contributed by atoms with E-state index >= 15 is 0 Å². The Kier molecular flexibility index (Phi) is 7.12.